The Balaban J connectivity index is 2.02. The van der Waals surface area contributed by atoms with Gasteiger partial charge in [0.1, 0.15) is 0 Å². The summed E-state index contributed by atoms with van der Waals surface area (Å²) in [6.45, 7) is 1.68. The fourth-order valence-electron chi connectivity index (χ4n) is 2.53. The van der Waals surface area contributed by atoms with Gasteiger partial charge in [0, 0.05) is 17.8 Å². The average Bonchev–Trinajstić information content (AvgIpc) is 2.69. The molecule has 0 spiro atoms. The molecule has 28 heavy (non-hydrogen) atoms. The fraction of sp³-hybridized carbons (Fsp3) is 0.100. The van der Waals surface area contributed by atoms with Crippen LogP contribution in [-0.2, 0) is 0 Å². The normalized spacial score (nSPS) is 10.2. The van der Waals surface area contributed by atoms with Crippen LogP contribution in [0.4, 0.5) is 0 Å². The monoisotopic (exact) mass is 395 g/mol. The number of ether oxygens (including phenoxy) is 2. The van der Waals surface area contributed by atoms with Gasteiger partial charge in [-0.1, -0.05) is 23.7 Å². The second-order valence-electron chi connectivity index (χ2n) is 5.73. The first kappa shape index (κ1) is 19.1. The molecule has 140 valence electrons. The number of hydrogen-bond donors (Lipinski definition) is 0. The largest absolute Gasteiger partial charge is 0.493 e. The van der Waals surface area contributed by atoms with Gasteiger partial charge in [-0.15, -0.1) is 0 Å². The molecule has 0 bridgehead atoms. The van der Waals surface area contributed by atoms with Gasteiger partial charge in [0.25, 0.3) is 0 Å². The number of benzene rings is 2. The van der Waals surface area contributed by atoms with Gasteiger partial charge in [0.2, 0.25) is 11.1 Å². The third-order valence-corrected chi connectivity index (χ3v) is 4.20. The minimum absolute atomic E-state index is 0.0672. The first-order valence-electron chi connectivity index (χ1n) is 8.11. The third-order valence-electron chi connectivity index (χ3n) is 3.88. The zero-order valence-electron chi connectivity index (χ0n) is 15.0. The Bertz CT molecular complexity index is 1160. The van der Waals surface area contributed by atoms with E-state index < -0.39 is 17.1 Å². The van der Waals surface area contributed by atoms with Crippen molar-refractivity contribution in [3.63, 3.8) is 0 Å². The SMILES string of the molecule is COc1cc(C#N)ccc1OC(=O)c1nn(-c2ccccc2Cl)c(C)cc1=O. The van der Waals surface area contributed by atoms with Crippen molar-refractivity contribution >= 4 is 17.6 Å². The quantitative estimate of drug-likeness (QED) is 0.497. The Kier molecular flexibility index (Phi) is 5.43. The molecule has 0 aliphatic rings. The summed E-state index contributed by atoms with van der Waals surface area (Å²) in [4.78, 5) is 24.9. The Hall–Kier alpha value is -3.63. The highest BCUT2D eigenvalue weighted by atomic mass is 35.5. The van der Waals surface area contributed by atoms with Gasteiger partial charge in [0.15, 0.2) is 11.5 Å². The molecule has 8 heteroatoms. The maximum atomic E-state index is 12.6. The van der Waals surface area contributed by atoms with Crippen LogP contribution in [-0.4, -0.2) is 22.9 Å². The Morgan fingerprint density at radius 2 is 1.93 bits per heavy atom. The van der Waals surface area contributed by atoms with Crippen LogP contribution in [0.3, 0.4) is 0 Å². The second-order valence-corrected chi connectivity index (χ2v) is 6.14. The maximum Gasteiger partial charge on any atom is 0.368 e. The number of rotatable bonds is 4. The molecular formula is C20H14ClN3O4. The van der Waals surface area contributed by atoms with E-state index in [9.17, 15) is 9.59 Å². The van der Waals surface area contributed by atoms with Gasteiger partial charge in [0.05, 0.1) is 29.5 Å². The summed E-state index contributed by atoms with van der Waals surface area (Å²) in [5.41, 5.74) is 0.374. The van der Waals surface area contributed by atoms with E-state index in [2.05, 4.69) is 5.10 Å². The van der Waals surface area contributed by atoms with Crippen LogP contribution in [0.1, 0.15) is 21.7 Å². The number of hydrogen-bond acceptors (Lipinski definition) is 6. The van der Waals surface area contributed by atoms with Gasteiger partial charge in [-0.25, -0.2) is 9.48 Å². The van der Waals surface area contributed by atoms with Crippen molar-refractivity contribution in [3.8, 4) is 23.3 Å². The molecule has 0 N–H and O–H groups in total. The summed E-state index contributed by atoms with van der Waals surface area (Å²) in [5.74, 6) is -0.697. The molecule has 3 aromatic rings. The molecule has 7 nitrogen and oxygen atoms in total. The van der Waals surface area contributed by atoms with Crippen LogP contribution in [0.2, 0.25) is 5.02 Å². The molecule has 0 atom stereocenters. The molecule has 3 rings (SSSR count). The van der Waals surface area contributed by atoms with E-state index in [0.717, 1.165) is 0 Å². The number of carbonyl (C=O) groups is 1. The number of para-hydroxylation sites is 1. The number of aromatic nitrogens is 2. The summed E-state index contributed by atoms with van der Waals surface area (Å²) in [6, 6.07) is 14.5. The lowest BCUT2D eigenvalue weighted by Crippen LogP contribution is -2.26. The molecule has 0 fully saturated rings. The summed E-state index contributed by atoms with van der Waals surface area (Å²) in [7, 11) is 1.38. The van der Waals surface area contributed by atoms with Crippen molar-refractivity contribution in [2.24, 2.45) is 0 Å². The zero-order chi connectivity index (χ0) is 20.3. The van der Waals surface area contributed by atoms with Crippen LogP contribution in [0.15, 0.2) is 53.3 Å². The van der Waals surface area contributed by atoms with Crippen LogP contribution in [0.5, 0.6) is 11.5 Å². The standard InChI is InChI=1S/C20H14ClN3O4/c1-12-9-16(25)19(23-24(12)15-6-4-3-5-14(15)21)20(26)28-17-8-7-13(11-22)10-18(17)27-2/h3-10H,1-2H3. The van der Waals surface area contributed by atoms with Gasteiger partial charge < -0.3 is 9.47 Å². The van der Waals surface area contributed by atoms with Crippen molar-refractivity contribution in [3.05, 3.63) is 80.7 Å². The molecular weight excluding hydrogens is 382 g/mol. The number of nitrogens with zero attached hydrogens (tertiary/aromatic N) is 3. The summed E-state index contributed by atoms with van der Waals surface area (Å²) >= 11 is 6.20. The highest BCUT2D eigenvalue weighted by Gasteiger charge is 2.20. The third kappa shape index (κ3) is 3.72. The summed E-state index contributed by atoms with van der Waals surface area (Å²) in [5, 5.41) is 13.5. The van der Waals surface area contributed by atoms with E-state index >= 15 is 0 Å². The Morgan fingerprint density at radius 3 is 2.61 bits per heavy atom. The predicted molar refractivity (Wildman–Crippen MR) is 102 cm³/mol. The fourth-order valence-corrected chi connectivity index (χ4v) is 2.74. The van der Waals surface area contributed by atoms with Crippen molar-refractivity contribution < 1.29 is 14.3 Å². The topological polar surface area (TPSA) is 94.2 Å². The van der Waals surface area contributed by atoms with E-state index in [1.807, 2.05) is 6.07 Å². The zero-order valence-corrected chi connectivity index (χ0v) is 15.7. The summed E-state index contributed by atoms with van der Waals surface area (Å²) in [6.07, 6.45) is 0. The average molecular weight is 396 g/mol. The number of aryl methyl sites for hydroxylation is 1. The Labute approximate surface area is 165 Å². The van der Waals surface area contributed by atoms with Gasteiger partial charge in [-0.3, -0.25) is 4.79 Å². The molecule has 0 saturated carbocycles. The molecule has 1 aromatic heterocycles. The smallest absolute Gasteiger partial charge is 0.368 e. The molecule has 2 aromatic carbocycles. The van der Waals surface area contributed by atoms with Crippen LogP contribution in [0.25, 0.3) is 5.69 Å². The lowest BCUT2D eigenvalue weighted by atomic mass is 10.2. The van der Waals surface area contributed by atoms with Crippen molar-refractivity contribution in [2.45, 2.75) is 6.92 Å². The van der Waals surface area contributed by atoms with Crippen molar-refractivity contribution in [1.29, 1.82) is 5.26 Å². The van der Waals surface area contributed by atoms with Crippen molar-refractivity contribution in [2.75, 3.05) is 7.11 Å². The number of nitriles is 1. The molecule has 0 radical (unpaired) electrons. The first-order chi connectivity index (χ1) is 13.4. The van der Waals surface area contributed by atoms with Gasteiger partial charge in [-0.05, 0) is 31.2 Å². The number of methoxy groups -OCH3 is 1. The lowest BCUT2D eigenvalue weighted by Gasteiger charge is -2.13. The molecule has 0 aliphatic carbocycles. The second kappa shape index (κ2) is 7.94. The lowest BCUT2D eigenvalue weighted by molar-refractivity contribution is 0.0720. The maximum absolute atomic E-state index is 12.6. The minimum Gasteiger partial charge on any atom is -0.493 e. The van der Waals surface area contributed by atoms with E-state index in [1.54, 1.807) is 31.2 Å². The number of halogens is 1. The van der Waals surface area contributed by atoms with Crippen LogP contribution >= 0.6 is 11.6 Å². The summed E-state index contributed by atoms with van der Waals surface area (Å²) < 4.78 is 11.8. The van der Waals surface area contributed by atoms with E-state index in [-0.39, 0.29) is 11.5 Å². The highest BCUT2D eigenvalue weighted by Crippen LogP contribution is 2.28. The number of carbonyl (C=O) groups excluding carboxylic acids is 1. The predicted octanol–water partition coefficient (Wildman–Crippen LogP) is 3.29. The molecule has 0 saturated heterocycles. The number of esters is 1. The molecule has 0 aliphatic heterocycles. The van der Waals surface area contributed by atoms with Gasteiger partial charge >= 0.3 is 5.97 Å². The van der Waals surface area contributed by atoms with Crippen molar-refractivity contribution in [1.82, 2.24) is 9.78 Å². The first-order valence-corrected chi connectivity index (χ1v) is 8.48. The van der Waals surface area contributed by atoms with E-state index in [4.69, 9.17) is 26.3 Å². The van der Waals surface area contributed by atoms with Crippen LogP contribution < -0.4 is 14.9 Å². The van der Waals surface area contributed by atoms with Gasteiger partial charge in [-0.2, -0.15) is 10.4 Å². The highest BCUT2D eigenvalue weighted by molar-refractivity contribution is 6.32. The molecule has 0 amide bonds. The van der Waals surface area contributed by atoms with E-state index in [0.29, 0.717) is 22.0 Å². The van der Waals surface area contributed by atoms with Crippen LogP contribution in [0, 0.1) is 18.3 Å². The van der Waals surface area contributed by atoms with E-state index in [1.165, 1.54) is 36.1 Å². The Morgan fingerprint density at radius 1 is 1.18 bits per heavy atom. The molecule has 1 heterocycles. The minimum atomic E-state index is -0.950. The molecule has 0 unspecified atom stereocenters.